The predicted octanol–water partition coefficient (Wildman–Crippen LogP) is 13.6. The molecule has 0 amide bonds. The summed E-state index contributed by atoms with van der Waals surface area (Å²) in [6.07, 6.45) is 17.0. The Balaban J connectivity index is 1.12. The number of hydrogen-bond donors (Lipinski definition) is 0. The molecule has 0 radical (unpaired) electrons. The van der Waals surface area contributed by atoms with Crippen LogP contribution < -0.4 is 0 Å². The Morgan fingerprint density at radius 1 is 0.597 bits per heavy atom. The number of fused-ring (bicyclic) bond motifs is 15. The number of rotatable bonds is 3. The summed E-state index contributed by atoms with van der Waals surface area (Å²) in [6.45, 7) is 2.22. The van der Waals surface area contributed by atoms with Gasteiger partial charge in [0, 0.05) is 33.9 Å². The monoisotopic (exact) mass is 791 g/mol. The first-order valence-corrected chi connectivity index (χ1v) is 21.5. The van der Waals surface area contributed by atoms with Gasteiger partial charge in [0.25, 0.3) is 0 Å². The Kier molecular flexibility index (Phi) is 7.17. The van der Waals surface area contributed by atoms with Gasteiger partial charge >= 0.3 is 0 Å². The van der Waals surface area contributed by atoms with Crippen molar-refractivity contribution in [3.63, 3.8) is 0 Å². The Bertz CT molecular complexity index is 3690. The van der Waals surface area contributed by atoms with E-state index in [0.717, 1.165) is 80.5 Å². The van der Waals surface area contributed by atoms with Crippen molar-refractivity contribution in [1.29, 1.82) is 10.5 Å². The molecule has 13 rings (SSSR count). The molecule has 3 heterocycles. The van der Waals surface area contributed by atoms with Gasteiger partial charge in [0.2, 0.25) is 0 Å². The van der Waals surface area contributed by atoms with Crippen molar-refractivity contribution in [2.24, 2.45) is 0 Å². The van der Waals surface area contributed by atoms with E-state index in [-0.39, 0.29) is 0 Å². The van der Waals surface area contributed by atoms with Crippen LogP contribution in [0.4, 0.5) is 0 Å². The molecule has 4 aliphatic carbocycles. The molecular weight excluding hydrogens is 755 g/mol. The maximum absolute atomic E-state index is 11.5. The van der Waals surface area contributed by atoms with Crippen LogP contribution in [0.5, 0.6) is 0 Å². The average Bonchev–Trinajstić information content (AvgIpc) is 4.02. The Morgan fingerprint density at radius 2 is 1.32 bits per heavy atom. The Hall–Kier alpha value is -7.99. The molecule has 0 saturated heterocycles. The fraction of sp³-hybridized carbons (Fsp3) is 0.105. The first kappa shape index (κ1) is 34.8. The SMILES string of the molecule is CC1=C(c2ccc3c(c2)c2cnccc2n3-c2c(C#N)ccc(-n3c4ccccc4c4cc5c(cc43)C3(C4=C5CCC=C4)c4ccccc4-c4ccccc43)c2C#N)C=CCC1. The van der Waals surface area contributed by atoms with E-state index in [1.807, 2.05) is 24.4 Å². The highest BCUT2D eigenvalue weighted by Gasteiger charge is 2.52. The fourth-order valence-corrected chi connectivity index (χ4v) is 11.7. The van der Waals surface area contributed by atoms with Crippen LogP contribution in [0.25, 0.3) is 77.3 Å². The third-order valence-corrected chi connectivity index (χ3v) is 14.2. The zero-order chi connectivity index (χ0) is 41.3. The third-order valence-electron chi connectivity index (χ3n) is 14.2. The first-order chi connectivity index (χ1) is 30.6. The van der Waals surface area contributed by atoms with Gasteiger partial charge in [-0.3, -0.25) is 4.98 Å². The largest absolute Gasteiger partial charge is 0.308 e. The predicted molar refractivity (Wildman–Crippen MR) is 250 cm³/mol. The molecule has 6 aromatic carbocycles. The highest BCUT2D eigenvalue weighted by atomic mass is 15.0. The van der Waals surface area contributed by atoms with Crippen molar-refractivity contribution in [1.82, 2.24) is 14.1 Å². The summed E-state index contributed by atoms with van der Waals surface area (Å²) < 4.78 is 4.39. The van der Waals surface area contributed by atoms with Gasteiger partial charge in [0.15, 0.2) is 0 Å². The molecule has 62 heavy (non-hydrogen) atoms. The van der Waals surface area contributed by atoms with Crippen molar-refractivity contribution in [3.8, 4) is 34.6 Å². The number of aromatic nitrogens is 3. The van der Waals surface area contributed by atoms with E-state index >= 15 is 0 Å². The second-order valence-electron chi connectivity index (χ2n) is 17.1. The van der Waals surface area contributed by atoms with E-state index in [0.29, 0.717) is 16.8 Å². The molecule has 0 atom stereocenters. The Morgan fingerprint density at radius 3 is 2.13 bits per heavy atom. The van der Waals surface area contributed by atoms with E-state index < -0.39 is 5.41 Å². The van der Waals surface area contributed by atoms with Crippen LogP contribution in [0.1, 0.15) is 71.6 Å². The number of nitriles is 2. The summed E-state index contributed by atoms with van der Waals surface area (Å²) in [5.41, 5.74) is 19.9. The molecule has 5 heteroatoms. The van der Waals surface area contributed by atoms with Crippen LogP contribution in [0.3, 0.4) is 0 Å². The molecule has 5 nitrogen and oxygen atoms in total. The zero-order valence-electron chi connectivity index (χ0n) is 34.1. The fourth-order valence-electron chi connectivity index (χ4n) is 11.7. The molecule has 0 saturated carbocycles. The van der Waals surface area contributed by atoms with Gasteiger partial charge < -0.3 is 9.13 Å². The van der Waals surface area contributed by atoms with Crippen LogP contribution >= 0.6 is 0 Å². The molecule has 0 aliphatic heterocycles. The van der Waals surface area contributed by atoms with Crippen molar-refractivity contribution in [2.45, 2.75) is 38.0 Å². The lowest BCUT2D eigenvalue weighted by Gasteiger charge is -2.32. The molecule has 0 N–H and O–H groups in total. The number of allylic oxidation sites excluding steroid dienone is 8. The van der Waals surface area contributed by atoms with Crippen LogP contribution in [0.15, 0.2) is 169 Å². The lowest BCUT2D eigenvalue weighted by atomic mass is 9.69. The number of para-hydroxylation sites is 1. The summed E-state index contributed by atoms with van der Waals surface area (Å²) >= 11 is 0. The minimum atomic E-state index is -0.476. The Labute approximate surface area is 358 Å². The quantitative estimate of drug-likeness (QED) is 0.179. The van der Waals surface area contributed by atoms with E-state index in [9.17, 15) is 10.5 Å². The molecule has 0 unspecified atom stereocenters. The normalized spacial score (nSPS) is 15.7. The zero-order valence-corrected chi connectivity index (χ0v) is 34.1. The first-order valence-electron chi connectivity index (χ1n) is 21.5. The van der Waals surface area contributed by atoms with Gasteiger partial charge in [-0.25, -0.2) is 0 Å². The summed E-state index contributed by atoms with van der Waals surface area (Å²) in [6, 6.07) is 48.9. The number of benzene rings is 6. The lowest BCUT2D eigenvalue weighted by molar-refractivity contribution is 0.781. The molecular formula is C57H37N5. The molecule has 9 aromatic rings. The minimum absolute atomic E-state index is 0.433. The highest BCUT2D eigenvalue weighted by molar-refractivity contribution is 6.13. The van der Waals surface area contributed by atoms with Crippen molar-refractivity contribution in [2.75, 3.05) is 0 Å². The van der Waals surface area contributed by atoms with E-state index in [1.54, 1.807) is 6.20 Å². The maximum Gasteiger partial charge on any atom is 0.104 e. The molecule has 3 aromatic heterocycles. The standard InChI is InChI=1S/C57H37N5/c1-34-12-2-3-13-37(34)35-22-24-52-43(28-35)46-33-60-27-26-54(46)62(52)56-36(31-58)23-25-53(45(56)32-59)61-51-21-11-7-17-41(51)44-29-42-40-16-6-10-20-49(40)57(50(42)30-55(44)61)47-18-8-4-14-38(47)39-15-5-9-19-48(39)57/h3-5,7-11,13-15,17-30,33H,2,6,12,16H2,1H3. The van der Waals surface area contributed by atoms with Crippen molar-refractivity contribution >= 4 is 54.8 Å². The highest BCUT2D eigenvalue weighted by Crippen LogP contribution is 2.64. The number of hydrogen-bond acceptors (Lipinski definition) is 3. The van der Waals surface area contributed by atoms with E-state index in [4.69, 9.17) is 0 Å². The number of pyridine rings is 1. The molecule has 4 aliphatic rings. The van der Waals surface area contributed by atoms with Crippen LogP contribution in [-0.2, 0) is 5.41 Å². The topological polar surface area (TPSA) is 70.3 Å². The van der Waals surface area contributed by atoms with Gasteiger partial charge in [-0.15, -0.1) is 0 Å². The molecule has 0 fully saturated rings. The second-order valence-corrected chi connectivity index (χ2v) is 17.1. The van der Waals surface area contributed by atoms with Crippen LogP contribution in [0, 0.1) is 22.7 Å². The maximum atomic E-state index is 11.5. The second kappa shape index (κ2) is 12.8. The smallest absolute Gasteiger partial charge is 0.104 e. The third kappa shape index (κ3) is 4.37. The summed E-state index contributed by atoms with van der Waals surface area (Å²) in [7, 11) is 0. The number of nitrogens with zero attached hydrogens (tertiary/aromatic N) is 5. The van der Waals surface area contributed by atoms with Crippen LogP contribution in [-0.4, -0.2) is 14.1 Å². The summed E-state index contributed by atoms with van der Waals surface area (Å²) in [5, 5.41) is 26.6. The summed E-state index contributed by atoms with van der Waals surface area (Å²) in [5.74, 6) is 0. The van der Waals surface area contributed by atoms with Gasteiger partial charge in [-0.2, -0.15) is 10.5 Å². The van der Waals surface area contributed by atoms with E-state index in [2.05, 4.69) is 161 Å². The van der Waals surface area contributed by atoms with Gasteiger partial charge in [-0.05, 0) is 137 Å². The molecule has 1 spiro atoms. The average molecular weight is 792 g/mol. The van der Waals surface area contributed by atoms with Crippen molar-refractivity contribution < 1.29 is 0 Å². The summed E-state index contributed by atoms with van der Waals surface area (Å²) in [4.78, 5) is 4.57. The van der Waals surface area contributed by atoms with Crippen molar-refractivity contribution in [3.05, 3.63) is 208 Å². The van der Waals surface area contributed by atoms with E-state index in [1.165, 1.54) is 55.7 Å². The lowest BCUT2D eigenvalue weighted by Crippen LogP contribution is -2.27. The van der Waals surface area contributed by atoms with Crippen LogP contribution in [0.2, 0.25) is 0 Å². The minimum Gasteiger partial charge on any atom is -0.308 e. The molecule has 0 bridgehead atoms. The van der Waals surface area contributed by atoms with Gasteiger partial charge in [0.1, 0.15) is 17.7 Å². The molecule has 290 valence electrons. The van der Waals surface area contributed by atoms with Gasteiger partial charge in [0.05, 0.1) is 44.4 Å². The van der Waals surface area contributed by atoms with Gasteiger partial charge in [-0.1, -0.05) is 103 Å².